The lowest BCUT2D eigenvalue weighted by atomic mass is 10.1. The lowest BCUT2D eigenvalue weighted by Crippen LogP contribution is -2.58. The average Bonchev–Trinajstić information content (AvgIpc) is 2.44. The summed E-state index contributed by atoms with van der Waals surface area (Å²) in [6, 6.07) is 7.07. The van der Waals surface area contributed by atoms with E-state index in [1.54, 1.807) is 23.9 Å². The predicted molar refractivity (Wildman–Crippen MR) is 72.8 cm³/mol. The summed E-state index contributed by atoms with van der Waals surface area (Å²) in [5.41, 5.74) is 1.89. The molecule has 6 nitrogen and oxygen atoms in total. The van der Waals surface area contributed by atoms with Gasteiger partial charge in [-0.25, -0.2) is 14.5 Å². The van der Waals surface area contributed by atoms with Crippen molar-refractivity contribution in [2.45, 2.75) is 6.17 Å². The van der Waals surface area contributed by atoms with Gasteiger partial charge in [0.1, 0.15) is 6.17 Å². The number of nitrogens with zero attached hydrogens (tertiary/aromatic N) is 3. The van der Waals surface area contributed by atoms with Crippen LogP contribution in [0.5, 0.6) is 0 Å². The van der Waals surface area contributed by atoms with Gasteiger partial charge in [0.15, 0.2) is 0 Å². The Kier molecular flexibility index (Phi) is 3.33. The van der Waals surface area contributed by atoms with E-state index in [0.717, 1.165) is 16.2 Å². The van der Waals surface area contributed by atoms with Crippen LogP contribution in [0.3, 0.4) is 0 Å². The van der Waals surface area contributed by atoms with Gasteiger partial charge in [-0.2, -0.15) is 0 Å². The zero-order valence-corrected chi connectivity index (χ0v) is 11.5. The minimum Gasteiger partial charge on any atom is -0.388 e. The highest BCUT2D eigenvalue weighted by Gasteiger charge is 2.39. The van der Waals surface area contributed by atoms with Gasteiger partial charge in [0.2, 0.25) is 0 Å². The molecular weight excluding hydrogens is 244 g/mol. The van der Waals surface area contributed by atoms with Crippen molar-refractivity contribution in [1.29, 1.82) is 0 Å². The highest BCUT2D eigenvalue weighted by atomic mass is 16.2. The summed E-state index contributed by atoms with van der Waals surface area (Å²) < 4.78 is 0. The quantitative estimate of drug-likeness (QED) is 0.883. The number of hydrogen-bond donors (Lipinski definition) is 1. The number of carbonyl (C=O) groups excluding carboxylic acids is 2. The van der Waals surface area contributed by atoms with E-state index in [0.29, 0.717) is 0 Å². The van der Waals surface area contributed by atoms with Crippen molar-refractivity contribution in [2.24, 2.45) is 0 Å². The number of anilines is 1. The first kappa shape index (κ1) is 13.2. The van der Waals surface area contributed by atoms with E-state index < -0.39 is 0 Å². The Hall–Kier alpha value is -2.24. The van der Waals surface area contributed by atoms with E-state index >= 15 is 0 Å². The normalized spacial score (nSPS) is 17.2. The van der Waals surface area contributed by atoms with Crippen LogP contribution in [0.15, 0.2) is 24.3 Å². The van der Waals surface area contributed by atoms with Gasteiger partial charge in [-0.1, -0.05) is 12.1 Å². The maximum absolute atomic E-state index is 12.0. The van der Waals surface area contributed by atoms with E-state index in [4.69, 9.17) is 0 Å². The van der Waals surface area contributed by atoms with Crippen LogP contribution in [0.4, 0.5) is 15.3 Å². The first-order chi connectivity index (χ1) is 8.97. The van der Waals surface area contributed by atoms with Gasteiger partial charge in [0, 0.05) is 33.9 Å². The van der Waals surface area contributed by atoms with Gasteiger partial charge in [-0.15, -0.1) is 0 Å². The first-order valence-electron chi connectivity index (χ1n) is 6.02. The van der Waals surface area contributed by atoms with Crippen LogP contribution in [0.25, 0.3) is 0 Å². The molecule has 0 aromatic heterocycles. The van der Waals surface area contributed by atoms with Gasteiger partial charge >= 0.3 is 12.1 Å². The zero-order chi connectivity index (χ0) is 14.2. The molecule has 1 aromatic carbocycles. The van der Waals surface area contributed by atoms with Crippen molar-refractivity contribution < 1.29 is 9.59 Å². The fourth-order valence-electron chi connectivity index (χ4n) is 2.29. The highest BCUT2D eigenvalue weighted by Crippen LogP contribution is 2.29. The third-order valence-electron chi connectivity index (χ3n) is 3.41. The second-order valence-corrected chi connectivity index (χ2v) is 4.59. The van der Waals surface area contributed by atoms with Crippen molar-refractivity contribution >= 4 is 17.7 Å². The average molecular weight is 262 g/mol. The molecule has 1 aliphatic heterocycles. The molecule has 1 saturated heterocycles. The van der Waals surface area contributed by atoms with Gasteiger partial charge < -0.3 is 15.1 Å². The summed E-state index contributed by atoms with van der Waals surface area (Å²) in [6.07, 6.45) is -0.373. The summed E-state index contributed by atoms with van der Waals surface area (Å²) in [5, 5.41) is 3.03. The molecule has 1 fully saturated rings. The summed E-state index contributed by atoms with van der Waals surface area (Å²) in [4.78, 5) is 28.2. The van der Waals surface area contributed by atoms with Gasteiger partial charge in [0.05, 0.1) is 0 Å². The maximum atomic E-state index is 12.0. The highest BCUT2D eigenvalue weighted by molar-refractivity contribution is 5.95. The second kappa shape index (κ2) is 4.79. The molecule has 0 atom stereocenters. The Labute approximate surface area is 112 Å². The number of rotatable bonds is 2. The molecule has 1 aromatic rings. The van der Waals surface area contributed by atoms with Crippen molar-refractivity contribution in [3.05, 3.63) is 29.8 Å². The number of urea groups is 2. The minimum atomic E-state index is -0.373. The predicted octanol–water partition coefficient (Wildman–Crippen LogP) is 1.78. The fraction of sp³-hybridized carbons (Fsp3) is 0.385. The number of nitrogens with one attached hydrogen (secondary N) is 1. The van der Waals surface area contributed by atoms with Gasteiger partial charge in [0.25, 0.3) is 0 Å². The van der Waals surface area contributed by atoms with Crippen LogP contribution < -0.4 is 5.32 Å². The van der Waals surface area contributed by atoms with Crippen molar-refractivity contribution in [1.82, 2.24) is 14.7 Å². The topological polar surface area (TPSA) is 55.9 Å². The molecule has 1 heterocycles. The zero-order valence-electron chi connectivity index (χ0n) is 11.5. The summed E-state index contributed by atoms with van der Waals surface area (Å²) in [7, 11) is 6.71. The lowest BCUT2D eigenvalue weighted by Gasteiger charge is -2.43. The summed E-state index contributed by atoms with van der Waals surface area (Å²) >= 11 is 0. The molecule has 19 heavy (non-hydrogen) atoms. The molecule has 1 N–H and O–H groups in total. The number of benzene rings is 1. The molecule has 0 radical (unpaired) electrons. The fourth-order valence-corrected chi connectivity index (χ4v) is 2.29. The number of imide groups is 1. The molecule has 0 spiro atoms. The molecule has 102 valence electrons. The van der Waals surface area contributed by atoms with Crippen LogP contribution in [0.1, 0.15) is 11.7 Å². The van der Waals surface area contributed by atoms with E-state index in [9.17, 15) is 9.59 Å². The van der Waals surface area contributed by atoms with Crippen LogP contribution >= 0.6 is 0 Å². The largest absolute Gasteiger partial charge is 0.388 e. The molecule has 0 unspecified atom stereocenters. The number of carbonyl (C=O) groups is 2. The maximum Gasteiger partial charge on any atom is 0.329 e. The van der Waals surface area contributed by atoms with E-state index in [-0.39, 0.29) is 18.2 Å². The first-order valence-corrected chi connectivity index (χ1v) is 6.02. The van der Waals surface area contributed by atoms with Gasteiger partial charge in [-0.05, 0) is 17.7 Å². The molecule has 0 bridgehead atoms. The number of amides is 4. The Bertz CT molecular complexity index is 478. The van der Waals surface area contributed by atoms with Gasteiger partial charge in [-0.3, -0.25) is 0 Å². The Morgan fingerprint density at radius 1 is 0.947 bits per heavy atom. The molecular formula is C13H18N4O2. The van der Waals surface area contributed by atoms with Crippen LogP contribution in [-0.2, 0) is 0 Å². The van der Waals surface area contributed by atoms with Crippen LogP contribution in [-0.4, -0.2) is 55.0 Å². The van der Waals surface area contributed by atoms with Crippen molar-refractivity contribution in [2.75, 3.05) is 33.5 Å². The third-order valence-corrected chi connectivity index (χ3v) is 3.41. The van der Waals surface area contributed by atoms with E-state index in [2.05, 4.69) is 5.32 Å². The number of hydrogen-bond acceptors (Lipinski definition) is 3. The SMILES string of the molecule is CNc1ccc(C2N(C)C(=O)N(C)C(=O)N2C)cc1. The molecule has 0 saturated carbocycles. The Balaban J connectivity index is 2.35. The summed E-state index contributed by atoms with van der Waals surface area (Å²) in [5.74, 6) is 0. The smallest absolute Gasteiger partial charge is 0.329 e. The molecule has 6 heteroatoms. The van der Waals surface area contributed by atoms with E-state index in [1.165, 1.54) is 7.05 Å². The van der Waals surface area contributed by atoms with Crippen LogP contribution in [0.2, 0.25) is 0 Å². The molecule has 0 aliphatic carbocycles. The Morgan fingerprint density at radius 2 is 1.42 bits per heavy atom. The van der Waals surface area contributed by atoms with Crippen molar-refractivity contribution in [3.63, 3.8) is 0 Å². The molecule has 2 rings (SSSR count). The van der Waals surface area contributed by atoms with Crippen molar-refractivity contribution in [3.8, 4) is 0 Å². The molecule has 1 aliphatic rings. The second-order valence-electron chi connectivity index (χ2n) is 4.59. The molecule has 4 amide bonds. The van der Waals surface area contributed by atoms with E-state index in [1.807, 2.05) is 31.3 Å². The standard InChI is InChI=1S/C13H18N4O2/c1-14-10-7-5-9(6-8-10)11-15(2)12(18)17(4)13(19)16(11)3/h5-8,11,14H,1-4H3. The third kappa shape index (κ3) is 2.09. The van der Waals surface area contributed by atoms with Crippen LogP contribution in [0, 0.1) is 0 Å². The Morgan fingerprint density at radius 3 is 1.84 bits per heavy atom. The summed E-state index contributed by atoms with van der Waals surface area (Å²) in [6.45, 7) is 0. The lowest BCUT2D eigenvalue weighted by molar-refractivity contribution is 0.0603. The minimum absolute atomic E-state index is 0.300. The monoisotopic (exact) mass is 262 g/mol.